The van der Waals surface area contributed by atoms with Crippen LogP contribution in [0.25, 0.3) is 0 Å². The molecule has 2 aromatic rings. The quantitative estimate of drug-likeness (QED) is 0.635. The van der Waals surface area contributed by atoms with Gasteiger partial charge in [-0.25, -0.2) is 0 Å². The molecular weight excluding hydrogens is 286 g/mol. The Kier molecular flexibility index (Phi) is 4.86. The summed E-state index contributed by atoms with van der Waals surface area (Å²) in [6, 6.07) is 20.6. The number of rotatable bonds is 4. The summed E-state index contributed by atoms with van der Waals surface area (Å²) < 4.78 is 4.87. The van der Waals surface area contributed by atoms with Crippen LogP contribution in [0.2, 0.25) is 0 Å². The van der Waals surface area contributed by atoms with Crippen LogP contribution in [0.15, 0.2) is 65.7 Å². The minimum Gasteiger partial charge on any atom is -0.469 e. The molecule has 1 aliphatic rings. The predicted octanol–water partition coefficient (Wildman–Crippen LogP) is 3.87. The number of methoxy groups -OCH3 is 1. The average Bonchev–Trinajstić information content (AvgIpc) is 3.09. The molecule has 23 heavy (non-hydrogen) atoms. The van der Waals surface area contributed by atoms with Crippen LogP contribution in [0, 0.1) is 5.92 Å². The molecule has 2 atom stereocenters. The molecule has 0 aromatic heterocycles. The van der Waals surface area contributed by atoms with Gasteiger partial charge in [-0.1, -0.05) is 60.7 Å². The monoisotopic (exact) mass is 307 g/mol. The van der Waals surface area contributed by atoms with E-state index in [1.54, 1.807) is 0 Å². The van der Waals surface area contributed by atoms with E-state index in [2.05, 4.69) is 24.3 Å². The largest absolute Gasteiger partial charge is 0.469 e. The number of aliphatic imine (C=N–C) groups is 1. The summed E-state index contributed by atoms with van der Waals surface area (Å²) in [6.07, 6.45) is 2.57. The van der Waals surface area contributed by atoms with Crippen LogP contribution in [0.3, 0.4) is 0 Å². The van der Waals surface area contributed by atoms with E-state index in [1.807, 2.05) is 36.4 Å². The van der Waals surface area contributed by atoms with Crippen molar-refractivity contribution in [2.24, 2.45) is 10.9 Å². The maximum absolute atomic E-state index is 11.7. The van der Waals surface area contributed by atoms with E-state index in [0.717, 1.165) is 36.1 Å². The third-order valence-electron chi connectivity index (χ3n) is 4.35. The second kappa shape index (κ2) is 7.23. The zero-order valence-electron chi connectivity index (χ0n) is 13.3. The number of ether oxygens (including phenoxy) is 1. The van der Waals surface area contributed by atoms with Crippen LogP contribution < -0.4 is 0 Å². The van der Waals surface area contributed by atoms with Gasteiger partial charge in [-0.05, 0) is 19.3 Å². The van der Waals surface area contributed by atoms with Gasteiger partial charge in [-0.3, -0.25) is 9.79 Å². The van der Waals surface area contributed by atoms with Gasteiger partial charge in [-0.15, -0.1) is 0 Å². The molecule has 0 saturated heterocycles. The van der Waals surface area contributed by atoms with E-state index in [4.69, 9.17) is 9.73 Å². The van der Waals surface area contributed by atoms with Crippen molar-refractivity contribution in [3.63, 3.8) is 0 Å². The smallest absolute Gasteiger partial charge is 0.308 e. The van der Waals surface area contributed by atoms with Crippen molar-refractivity contribution in [3.05, 3.63) is 71.8 Å². The number of hydrogen-bond donors (Lipinski definition) is 0. The highest BCUT2D eigenvalue weighted by molar-refractivity contribution is 6.13. The Hall–Kier alpha value is -2.42. The molecule has 0 spiro atoms. The fourth-order valence-electron chi connectivity index (χ4n) is 3.15. The first-order valence-electron chi connectivity index (χ1n) is 8.04. The molecule has 3 nitrogen and oxygen atoms in total. The lowest BCUT2D eigenvalue weighted by atomic mass is 10.0. The number of carbonyl (C=O) groups excluding carboxylic acids is 1. The van der Waals surface area contributed by atoms with Crippen molar-refractivity contribution in [1.82, 2.24) is 0 Å². The minimum atomic E-state index is -0.108. The Morgan fingerprint density at radius 1 is 0.957 bits per heavy atom. The summed E-state index contributed by atoms with van der Waals surface area (Å²) in [5, 5.41) is 0. The minimum absolute atomic E-state index is 0.0125. The van der Waals surface area contributed by atoms with E-state index in [1.165, 1.54) is 7.11 Å². The van der Waals surface area contributed by atoms with E-state index < -0.39 is 0 Å². The van der Waals surface area contributed by atoms with Gasteiger partial charge < -0.3 is 4.74 Å². The molecule has 0 aliphatic heterocycles. The summed E-state index contributed by atoms with van der Waals surface area (Å²) >= 11 is 0. The molecule has 0 amide bonds. The average molecular weight is 307 g/mol. The van der Waals surface area contributed by atoms with E-state index in [9.17, 15) is 4.79 Å². The Labute approximate surface area is 137 Å². The molecule has 0 radical (unpaired) electrons. The van der Waals surface area contributed by atoms with Crippen LogP contribution in [0.4, 0.5) is 0 Å². The van der Waals surface area contributed by atoms with E-state index in [-0.39, 0.29) is 17.9 Å². The Bertz CT molecular complexity index is 638. The third kappa shape index (κ3) is 3.67. The van der Waals surface area contributed by atoms with Gasteiger partial charge >= 0.3 is 5.97 Å². The molecule has 1 aliphatic carbocycles. The van der Waals surface area contributed by atoms with Crippen molar-refractivity contribution < 1.29 is 9.53 Å². The van der Waals surface area contributed by atoms with Gasteiger partial charge in [-0.2, -0.15) is 0 Å². The van der Waals surface area contributed by atoms with Crippen molar-refractivity contribution in [3.8, 4) is 0 Å². The van der Waals surface area contributed by atoms with Gasteiger partial charge in [0.05, 0.1) is 24.8 Å². The number of benzene rings is 2. The van der Waals surface area contributed by atoms with Crippen molar-refractivity contribution in [2.75, 3.05) is 7.11 Å². The van der Waals surface area contributed by atoms with Gasteiger partial charge in [0.2, 0.25) is 0 Å². The SMILES string of the molecule is COC(=O)[C@H]1CCC(N=C(c2ccccc2)c2ccccc2)C1. The zero-order chi connectivity index (χ0) is 16.1. The molecule has 3 rings (SSSR count). The van der Waals surface area contributed by atoms with Crippen molar-refractivity contribution in [2.45, 2.75) is 25.3 Å². The topological polar surface area (TPSA) is 38.7 Å². The lowest BCUT2D eigenvalue weighted by Crippen LogP contribution is -2.14. The van der Waals surface area contributed by atoms with Gasteiger partial charge in [0.25, 0.3) is 0 Å². The highest BCUT2D eigenvalue weighted by Gasteiger charge is 2.30. The lowest BCUT2D eigenvalue weighted by molar-refractivity contribution is -0.145. The number of carbonyl (C=O) groups is 1. The second-order valence-corrected chi connectivity index (χ2v) is 5.90. The standard InChI is InChI=1S/C20H21NO2/c1-23-20(22)17-12-13-18(14-17)21-19(15-8-4-2-5-9-15)16-10-6-3-7-11-16/h2-11,17-18H,12-14H2,1H3/t17-,18?/m0/s1. The maximum atomic E-state index is 11.7. The third-order valence-corrected chi connectivity index (χ3v) is 4.35. The van der Waals surface area contributed by atoms with Gasteiger partial charge in [0, 0.05) is 11.1 Å². The zero-order valence-corrected chi connectivity index (χ0v) is 13.3. The van der Waals surface area contributed by atoms with Crippen molar-refractivity contribution in [1.29, 1.82) is 0 Å². The Morgan fingerprint density at radius 2 is 1.52 bits per heavy atom. The predicted molar refractivity (Wildman–Crippen MR) is 91.7 cm³/mol. The van der Waals surface area contributed by atoms with Crippen LogP contribution in [0.5, 0.6) is 0 Å². The summed E-state index contributed by atoms with van der Waals surface area (Å²) in [4.78, 5) is 16.7. The molecule has 118 valence electrons. The normalized spacial score (nSPS) is 20.0. The highest BCUT2D eigenvalue weighted by atomic mass is 16.5. The summed E-state index contributed by atoms with van der Waals surface area (Å²) in [6.45, 7) is 0. The molecule has 2 aromatic carbocycles. The molecule has 1 saturated carbocycles. The van der Waals surface area contributed by atoms with Crippen molar-refractivity contribution >= 4 is 11.7 Å². The van der Waals surface area contributed by atoms with Crippen LogP contribution in [-0.4, -0.2) is 24.8 Å². The summed E-state index contributed by atoms with van der Waals surface area (Å²) in [5.41, 5.74) is 3.22. The number of nitrogens with zero attached hydrogens (tertiary/aromatic N) is 1. The molecule has 1 fully saturated rings. The highest BCUT2D eigenvalue weighted by Crippen LogP contribution is 2.29. The van der Waals surface area contributed by atoms with Gasteiger partial charge in [0.15, 0.2) is 0 Å². The summed E-state index contributed by atoms with van der Waals surface area (Å²) in [5.74, 6) is -0.120. The van der Waals surface area contributed by atoms with Crippen LogP contribution >= 0.6 is 0 Å². The first-order chi connectivity index (χ1) is 11.3. The number of hydrogen-bond acceptors (Lipinski definition) is 3. The van der Waals surface area contributed by atoms with Crippen LogP contribution in [0.1, 0.15) is 30.4 Å². The maximum Gasteiger partial charge on any atom is 0.308 e. The molecular formula is C20H21NO2. The molecule has 0 bridgehead atoms. The first-order valence-corrected chi connectivity index (χ1v) is 8.04. The fraction of sp³-hybridized carbons (Fsp3) is 0.300. The summed E-state index contributed by atoms with van der Waals surface area (Å²) in [7, 11) is 1.46. The lowest BCUT2D eigenvalue weighted by Gasteiger charge is -2.11. The van der Waals surface area contributed by atoms with Crippen LogP contribution in [-0.2, 0) is 9.53 Å². The van der Waals surface area contributed by atoms with E-state index in [0.29, 0.717) is 0 Å². The molecule has 3 heteroatoms. The Morgan fingerprint density at radius 3 is 2.04 bits per heavy atom. The first kappa shape index (κ1) is 15.5. The molecule has 0 heterocycles. The fourth-order valence-corrected chi connectivity index (χ4v) is 3.15. The second-order valence-electron chi connectivity index (χ2n) is 5.90. The van der Waals surface area contributed by atoms with Gasteiger partial charge in [0.1, 0.15) is 0 Å². The van der Waals surface area contributed by atoms with E-state index >= 15 is 0 Å². The number of esters is 1. The molecule has 0 N–H and O–H groups in total. The Balaban J connectivity index is 1.89. The molecule has 1 unspecified atom stereocenters.